The summed E-state index contributed by atoms with van der Waals surface area (Å²) in [6.07, 6.45) is 0.913. The molecule has 16 nitrogen and oxygen atoms in total. The first-order chi connectivity index (χ1) is 20.5. The van der Waals surface area contributed by atoms with Crippen LogP contribution in [0.15, 0.2) is 40.5 Å². The molecule has 0 bridgehead atoms. The van der Waals surface area contributed by atoms with Crippen molar-refractivity contribution in [2.24, 2.45) is 11.8 Å². The van der Waals surface area contributed by atoms with Crippen molar-refractivity contribution >= 4 is 48.4 Å². The van der Waals surface area contributed by atoms with Crippen molar-refractivity contribution in [1.82, 2.24) is 19.5 Å². The van der Waals surface area contributed by atoms with Crippen molar-refractivity contribution in [3.05, 3.63) is 30.6 Å². The topological polar surface area (TPSA) is 195 Å². The zero-order valence-electron chi connectivity index (χ0n) is 24.3. The number of nitrogens with zero attached hydrogens (tertiary/aromatic N) is 4. The lowest BCUT2D eigenvalue weighted by Crippen LogP contribution is -2.16. The van der Waals surface area contributed by atoms with Crippen LogP contribution in [-0.4, -0.2) is 65.1 Å². The lowest BCUT2D eigenvalue weighted by Gasteiger charge is -2.17. The van der Waals surface area contributed by atoms with E-state index >= 15 is 0 Å². The molecule has 43 heavy (non-hydrogen) atoms. The van der Waals surface area contributed by atoms with Gasteiger partial charge in [0.1, 0.15) is 16.3 Å². The van der Waals surface area contributed by atoms with E-state index in [1.165, 1.54) is 11.8 Å². The first-order valence-corrected chi connectivity index (χ1v) is 15.5. The molecular weight excluding hydrogens is 609 g/mol. The summed E-state index contributed by atoms with van der Waals surface area (Å²) in [4.78, 5) is 46.6. The molecule has 0 atom stereocenters. The van der Waals surface area contributed by atoms with Crippen molar-refractivity contribution in [3.8, 4) is 5.75 Å². The Morgan fingerprint density at radius 2 is 1.58 bits per heavy atom. The molecule has 0 fully saturated rings. The Morgan fingerprint density at radius 1 is 0.977 bits per heavy atom. The first-order valence-electron chi connectivity index (χ1n) is 12.9. The number of methoxy groups -OCH3 is 1. The van der Waals surface area contributed by atoms with Gasteiger partial charge in [-0.05, 0) is 24.3 Å². The summed E-state index contributed by atoms with van der Waals surface area (Å²) in [6, 6.07) is 7.44. The van der Waals surface area contributed by atoms with Gasteiger partial charge in [0.15, 0.2) is 12.0 Å². The number of fused-ring (bicyclic) bond motifs is 1. The van der Waals surface area contributed by atoms with E-state index in [4.69, 9.17) is 43.8 Å². The van der Waals surface area contributed by atoms with E-state index in [-0.39, 0.29) is 19.1 Å². The van der Waals surface area contributed by atoms with Gasteiger partial charge in [-0.2, -0.15) is 14.8 Å². The van der Waals surface area contributed by atoms with Crippen LogP contribution in [0.2, 0.25) is 0 Å². The van der Waals surface area contributed by atoms with Crippen LogP contribution in [0.25, 0.3) is 11.2 Å². The highest BCUT2D eigenvalue weighted by Gasteiger charge is 2.30. The van der Waals surface area contributed by atoms with Crippen LogP contribution in [0.1, 0.15) is 27.7 Å². The van der Waals surface area contributed by atoms with Crippen LogP contribution in [0.4, 0.5) is 5.95 Å². The average Bonchev–Trinajstić information content (AvgIpc) is 3.38. The predicted octanol–water partition coefficient (Wildman–Crippen LogP) is 3.95. The van der Waals surface area contributed by atoms with Gasteiger partial charge >= 0.3 is 19.5 Å². The zero-order valence-corrected chi connectivity index (χ0v) is 26.0. The number of anilines is 1. The minimum Gasteiger partial charge on any atom is -0.497 e. The zero-order chi connectivity index (χ0) is 31.4. The van der Waals surface area contributed by atoms with Crippen molar-refractivity contribution in [2.75, 3.05) is 39.4 Å². The number of ether oxygens (including phenoxy) is 4. The van der Waals surface area contributed by atoms with Gasteiger partial charge in [-0.1, -0.05) is 39.5 Å². The number of benzene rings is 1. The molecule has 2 N–H and O–H groups in total. The third-order valence-corrected chi connectivity index (χ3v) is 7.37. The van der Waals surface area contributed by atoms with Crippen molar-refractivity contribution in [2.45, 2.75) is 44.2 Å². The van der Waals surface area contributed by atoms with Crippen molar-refractivity contribution in [1.29, 1.82) is 0 Å². The third kappa shape index (κ3) is 10.7. The van der Waals surface area contributed by atoms with E-state index in [1.807, 2.05) is 24.3 Å². The van der Waals surface area contributed by atoms with Crippen LogP contribution >= 0.6 is 19.4 Å². The number of rotatable bonds is 18. The van der Waals surface area contributed by atoms with Crippen LogP contribution in [0.5, 0.6) is 5.75 Å². The number of aromatic nitrogens is 4. The van der Waals surface area contributed by atoms with E-state index in [1.54, 1.807) is 45.7 Å². The van der Waals surface area contributed by atoms with Gasteiger partial charge in [-0.15, -0.1) is 9.35 Å². The van der Waals surface area contributed by atoms with Gasteiger partial charge in [-0.3, -0.25) is 14.2 Å². The number of carbonyl (C=O) groups is 2. The maximum Gasteiger partial charge on any atom is 0.409 e. The molecule has 236 valence electrons. The lowest BCUT2D eigenvalue weighted by molar-refractivity contribution is -0.310. The molecule has 0 unspecified atom stereocenters. The van der Waals surface area contributed by atoms with Gasteiger partial charge in [0.2, 0.25) is 19.5 Å². The summed E-state index contributed by atoms with van der Waals surface area (Å²) < 4.78 is 44.7. The van der Waals surface area contributed by atoms with Crippen LogP contribution in [0.3, 0.4) is 0 Å². The van der Waals surface area contributed by atoms with Gasteiger partial charge in [0.25, 0.3) is 0 Å². The highest BCUT2D eigenvalue weighted by molar-refractivity contribution is 7.99. The maximum atomic E-state index is 13.1. The molecule has 0 spiro atoms. The fourth-order valence-corrected chi connectivity index (χ4v) is 4.77. The van der Waals surface area contributed by atoms with Gasteiger partial charge in [-0.25, -0.2) is 9.97 Å². The normalized spacial score (nSPS) is 11.8. The fourth-order valence-electron chi connectivity index (χ4n) is 3.02. The summed E-state index contributed by atoms with van der Waals surface area (Å²) in [7, 11) is -2.64. The third-order valence-electron chi connectivity index (χ3n) is 5.22. The number of imidazole rings is 1. The van der Waals surface area contributed by atoms with E-state index < -0.39 is 51.3 Å². The largest absolute Gasteiger partial charge is 0.497 e. The minimum absolute atomic E-state index is 0.00228. The van der Waals surface area contributed by atoms with Crippen molar-refractivity contribution in [3.63, 3.8) is 0 Å². The number of esters is 2. The molecular formula is C25H34N5O11PS. The molecule has 3 rings (SSSR count). The number of nitrogens with two attached hydrogens (primary N) is 1. The van der Waals surface area contributed by atoms with E-state index in [0.717, 1.165) is 10.6 Å². The van der Waals surface area contributed by atoms with Gasteiger partial charge in [0, 0.05) is 11.4 Å². The SMILES string of the molecule is COc1ccc(Sc2nc(N)nc3c2ncn3CCOCP(=O)(OOCOC(=O)C(C)C)OOCOC(=O)C(C)C)cc1. The molecule has 2 aromatic heterocycles. The molecule has 3 aromatic rings. The number of hydrogen-bond acceptors (Lipinski definition) is 16. The smallest absolute Gasteiger partial charge is 0.409 e. The monoisotopic (exact) mass is 643 g/mol. The maximum absolute atomic E-state index is 13.1. The second-order valence-electron chi connectivity index (χ2n) is 9.28. The summed E-state index contributed by atoms with van der Waals surface area (Å²) in [5.41, 5.74) is 6.96. The summed E-state index contributed by atoms with van der Waals surface area (Å²) in [6.45, 7) is 5.40. The van der Waals surface area contributed by atoms with E-state index in [9.17, 15) is 14.2 Å². The second-order valence-corrected chi connectivity index (χ2v) is 12.1. The standard InChI is InChI=1S/C25H34N5O11PS/c1-16(2)23(31)36-13-38-40-42(33,41-39-14-37-24(32)17(3)4)15-35-11-10-30-12-27-20-21(30)28-25(26)29-22(20)43-19-8-6-18(34-5)7-9-19/h6-9,12,16-17H,10-11,13-15H2,1-5H3,(H2,26,28,29). The second kappa shape index (κ2) is 16.5. The molecule has 1 aromatic carbocycles. The molecule has 0 saturated heterocycles. The van der Waals surface area contributed by atoms with Gasteiger partial charge in [0.05, 0.1) is 31.9 Å². The van der Waals surface area contributed by atoms with Crippen LogP contribution in [0, 0.1) is 11.8 Å². The Hall–Kier alpha value is -3.31. The average molecular weight is 644 g/mol. The molecule has 0 aliphatic rings. The highest BCUT2D eigenvalue weighted by Crippen LogP contribution is 2.48. The Morgan fingerprint density at radius 3 is 2.14 bits per heavy atom. The summed E-state index contributed by atoms with van der Waals surface area (Å²) in [5.74, 6) is -1.16. The Labute approximate surface area is 251 Å². The molecule has 0 aliphatic heterocycles. The van der Waals surface area contributed by atoms with Gasteiger partial charge < -0.3 is 29.2 Å². The number of carbonyl (C=O) groups excluding carboxylic acids is 2. The van der Waals surface area contributed by atoms with Crippen molar-refractivity contribution < 1.29 is 52.2 Å². The lowest BCUT2D eigenvalue weighted by atomic mass is 10.2. The van der Waals surface area contributed by atoms with E-state index in [2.05, 4.69) is 15.0 Å². The fraction of sp³-hybridized carbons (Fsp3) is 0.480. The number of hydrogen-bond donors (Lipinski definition) is 1. The summed E-state index contributed by atoms with van der Waals surface area (Å²) >= 11 is 1.37. The predicted molar refractivity (Wildman–Crippen MR) is 151 cm³/mol. The molecule has 0 amide bonds. The Bertz CT molecular complexity index is 1370. The van der Waals surface area contributed by atoms with E-state index in [0.29, 0.717) is 16.2 Å². The Kier molecular flexibility index (Phi) is 13.1. The van der Waals surface area contributed by atoms with Crippen LogP contribution < -0.4 is 10.5 Å². The minimum atomic E-state index is -4.23. The molecule has 18 heteroatoms. The first kappa shape index (κ1) is 34.2. The quantitative estimate of drug-likeness (QED) is 0.0398. The summed E-state index contributed by atoms with van der Waals surface area (Å²) in [5, 5.41) is 0.560. The molecule has 0 saturated carbocycles. The Balaban J connectivity index is 1.59. The highest BCUT2D eigenvalue weighted by atomic mass is 32.2. The number of nitrogen functional groups attached to an aromatic ring is 1. The molecule has 0 radical (unpaired) electrons. The van der Waals surface area contributed by atoms with Crippen LogP contribution in [-0.2, 0) is 54.0 Å². The molecule has 0 aliphatic carbocycles. The molecule has 2 heterocycles.